The number of hydrogen-bond donors (Lipinski definition) is 0. The van der Waals surface area contributed by atoms with Crippen LogP contribution in [0, 0.1) is 0 Å². The van der Waals surface area contributed by atoms with Crippen molar-refractivity contribution >= 4 is 32.3 Å². The second-order valence-corrected chi connectivity index (χ2v) is 16.5. The van der Waals surface area contributed by atoms with Crippen molar-refractivity contribution < 1.29 is 0 Å². The van der Waals surface area contributed by atoms with Crippen molar-refractivity contribution in [1.82, 2.24) is 15.0 Å². The molecule has 10 aromatic carbocycles. The van der Waals surface area contributed by atoms with E-state index in [1.165, 1.54) is 71.3 Å². The van der Waals surface area contributed by atoms with E-state index in [1.54, 1.807) is 0 Å². The molecule has 3 nitrogen and oxygen atoms in total. The SMILES string of the molecule is CC1(c2ccccc2)c2ccccc2-c2cc(-c3nc(-c4ccc(-c5ccccc5)cc4)nc(-c4ccc(-c5c6ccccc6cc6c5ccc5ccccc56)cc4)n3)ccc21. The zero-order chi connectivity index (χ0) is 41.2. The molecule has 1 unspecified atom stereocenters. The fourth-order valence-corrected chi connectivity index (χ4v) is 9.85. The number of hydrogen-bond acceptors (Lipinski definition) is 3. The molecule has 11 aromatic rings. The highest BCUT2D eigenvalue weighted by molar-refractivity contribution is 6.20. The van der Waals surface area contributed by atoms with Gasteiger partial charge in [-0.25, -0.2) is 15.0 Å². The van der Waals surface area contributed by atoms with Crippen LogP contribution in [0.4, 0.5) is 0 Å². The minimum absolute atomic E-state index is 0.286. The summed E-state index contributed by atoms with van der Waals surface area (Å²) in [7, 11) is 0. The van der Waals surface area contributed by atoms with Gasteiger partial charge in [-0.3, -0.25) is 0 Å². The van der Waals surface area contributed by atoms with E-state index in [2.05, 4.69) is 219 Å². The Kier molecular flexibility index (Phi) is 8.29. The molecular formula is C59H39N3. The van der Waals surface area contributed by atoms with Crippen molar-refractivity contribution in [1.29, 1.82) is 0 Å². The molecule has 0 radical (unpaired) electrons. The molecule has 1 aromatic heterocycles. The Bertz CT molecular complexity index is 3500. The largest absolute Gasteiger partial charge is 0.208 e. The smallest absolute Gasteiger partial charge is 0.164 e. The number of fused-ring (bicyclic) bond motifs is 7. The number of nitrogens with zero attached hydrogens (tertiary/aromatic N) is 3. The van der Waals surface area contributed by atoms with Gasteiger partial charge in [-0.05, 0) is 101 Å². The Morgan fingerprint density at radius 2 is 0.823 bits per heavy atom. The van der Waals surface area contributed by atoms with Gasteiger partial charge in [-0.1, -0.05) is 206 Å². The molecular weight excluding hydrogens is 751 g/mol. The van der Waals surface area contributed by atoms with E-state index in [0.717, 1.165) is 27.8 Å². The molecule has 290 valence electrons. The molecule has 0 saturated carbocycles. The number of aromatic nitrogens is 3. The van der Waals surface area contributed by atoms with Crippen molar-refractivity contribution in [2.75, 3.05) is 0 Å². The van der Waals surface area contributed by atoms with E-state index in [1.807, 2.05) is 6.07 Å². The first-order valence-electron chi connectivity index (χ1n) is 21.3. The highest BCUT2D eigenvalue weighted by Gasteiger charge is 2.40. The van der Waals surface area contributed by atoms with Crippen molar-refractivity contribution in [3.63, 3.8) is 0 Å². The lowest BCUT2D eigenvalue weighted by Crippen LogP contribution is -2.22. The lowest BCUT2D eigenvalue weighted by molar-refractivity contribution is 0.714. The lowest BCUT2D eigenvalue weighted by atomic mass is 9.74. The summed E-state index contributed by atoms with van der Waals surface area (Å²) in [6, 6.07) is 78.4. The standard InChI is InChI=1S/C59H39N3/c1-59(46-18-6-3-7-19-46)53-23-13-12-22-49(53)52-37-45(33-35-54(52)59)58-61-56(42-28-24-39(25-29-42)38-14-4-2-5-15-38)60-57(62-58)43-30-26-41(27-31-43)55-48-21-11-9-17-44(48)36-51-47-20-10-8-16-40(47)32-34-50(51)55/h2-37H,1H3. The maximum absolute atomic E-state index is 5.25. The highest BCUT2D eigenvalue weighted by atomic mass is 15.0. The molecule has 0 amide bonds. The van der Waals surface area contributed by atoms with Gasteiger partial charge < -0.3 is 0 Å². The summed E-state index contributed by atoms with van der Waals surface area (Å²) in [6.07, 6.45) is 0. The van der Waals surface area contributed by atoms with Crippen molar-refractivity contribution in [2.45, 2.75) is 12.3 Å². The van der Waals surface area contributed by atoms with Crippen LogP contribution in [0.1, 0.15) is 23.6 Å². The van der Waals surface area contributed by atoms with Gasteiger partial charge in [0, 0.05) is 22.1 Å². The second-order valence-electron chi connectivity index (χ2n) is 16.5. The van der Waals surface area contributed by atoms with E-state index < -0.39 is 0 Å². The van der Waals surface area contributed by atoms with Gasteiger partial charge in [0.05, 0.1) is 0 Å². The molecule has 0 saturated heterocycles. The zero-order valence-electron chi connectivity index (χ0n) is 34.1. The predicted octanol–water partition coefficient (Wildman–Crippen LogP) is 15.0. The number of rotatable bonds is 6. The molecule has 0 bridgehead atoms. The fourth-order valence-electron chi connectivity index (χ4n) is 9.85. The van der Waals surface area contributed by atoms with E-state index >= 15 is 0 Å². The summed E-state index contributed by atoms with van der Waals surface area (Å²) >= 11 is 0. The maximum Gasteiger partial charge on any atom is 0.164 e. The van der Waals surface area contributed by atoms with Crippen LogP contribution in [-0.4, -0.2) is 15.0 Å². The van der Waals surface area contributed by atoms with Crippen LogP contribution in [0.5, 0.6) is 0 Å². The monoisotopic (exact) mass is 789 g/mol. The Labute approximate surface area is 360 Å². The van der Waals surface area contributed by atoms with Crippen molar-refractivity contribution in [3.05, 3.63) is 235 Å². The van der Waals surface area contributed by atoms with E-state index in [4.69, 9.17) is 15.0 Å². The molecule has 1 atom stereocenters. The summed E-state index contributed by atoms with van der Waals surface area (Å²) in [6.45, 7) is 2.35. The van der Waals surface area contributed by atoms with Crippen LogP contribution in [0.3, 0.4) is 0 Å². The minimum Gasteiger partial charge on any atom is -0.208 e. The molecule has 1 aliphatic carbocycles. The molecule has 0 N–H and O–H groups in total. The molecule has 0 aliphatic heterocycles. The van der Waals surface area contributed by atoms with E-state index in [0.29, 0.717) is 17.5 Å². The van der Waals surface area contributed by atoms with Crippen LogP contribution in [0.2, 0.25) is 0 Å². The van der Waals surface area contributed by atoms with Gasteiger partial charge in [0.2, 0.25) is 0 Å². The van der Waals surface area contributed by atoms with Gasteiger partial charge in [-0.15, -0.1) is 0 Å². The third-order valence-corrected chi connectivity index (χ3v) is 13.0. The van der Waals surface area contributed by atoms with Crippen LogP contribution >= 0.6 is 0 Å². The van der Waals surface area contributed by atoms with Crippen LogP contribution < -0.4 is 0 Å². The predicted molar refractivity (Wildman–Crippen MR) is 257 cm³/mol. The van der Waals surface area contributed by atoms with Gasteiger partial charge >= 0.3 is 0 Å². The third-order valence-electron chi connectivity index (χ3n) is 13.0. The van der Waals surface area contributed by atoms with Gasteiger partial charge in [-0.2, -0.15) is 0 Å². The second kappa shape index (κ2) is 14.3. The van der Waals surface area contributed by atoms with E-state index in [-0.39, 0.29) is 5.41 Å². The first kappa shape index (κ1) is 35.9. The topological polar surface area (TPSA) is 38.7 Å². The summed E-state index contributed by atoms with van der Waals surface area (Å²) < 4.78 is 0. The van der Waals surface area contributed by atoms with Gasteiger partial charge in [0.25, 0.3) is 0 Å². The summed E-state index contributed by atoms with van der Waals surface area (Å²) in [5, 5.41) is 7.45. The Balaban J connectivity index is 1.01. The molecule has 1 heterocycles. The summed E-state index contributed by atoms with van der Waals surface area (Å²) in [5.74, 6) is 1.91. The fraction of sp³-hybridized carbons (Fsp3) is 0.0339. The van der Waals surface area contributed by atoms with Crippen LogP contribution in [-0.2, 0) is 5.41 Å². The van der Waals surface area contributed by atoms with Crippen molar-refractivity contribution in [3.8, 4) is 67.5 Å². The lowest BCUT2D eigenvalue weighted by Gasteiger charge is -2.28. The molecule has 0 spiro atoms. The molecule has 1 aliphatic rings. The molecule has 3 heteroatoms. The highest BCUT2D eigenvalue weighted by Crippen LogP contribution is 2.53. The van der Waals surface area contributed by atoms with Gasteiger partial charge in [0.15, 0.2) is 17.5 Å². The van der Waals surface area contributed by atoms with Crippen LogP contribution in [0.25, 0.3) is 99.9 Å². The molecule has 62 heavy (non-hydrogen) atoms. The first-order chi connectivity index (χ1) is 30.6. The van der Waals surface area contributed by atoms with Crippen molar-refractivity contribution in [2.24, 2.45) is 0 Å². The zero-order valence-corrected chi connectivity index (χ0v) is 34.1. The normalized spacial score (nSPS) is 14.3. The van der Waals surface area contributed by atoms with Gasteiger partial charge in [0.1, 0.15) is 0 Å². The Morgan fingerprint density at radius 1 is 0.306 bits per heavy atom. The minimum atomic E-state index is -0.286. The quantitative estimate of drug-likeness (QED) is 0.124. The van der Waals surface area contributed by atoms with Crippen LogP contribution in [0.15, 0.2) is 218 Å². The van der Waals surface area contributed by atoms with E-state index in [9.17, 15) is 0 Å². The summed E-state index contributed by atoms with van der Waals surface area (Å²) in [5.41, 5.74) is 13.5. The third kappa shape index (κ3) is 5.78. The molecule has 12 rings (SSSR count). The Hall–Kier alpha value is -8.01. The maximum atomic E-state index is 5.25. The summed E-state index contributed by atoms with van der Waals surface area (Å²) in [4.78, 5) is 15.7. The first-order valence-corrected chi connectivity index (χ1v) is 21.3. The average molecular weight is 790 g/mol. The number of benzene rings is 10. The molecule has 0 fully saturated rings. The Morgan fingerprint density at radius 3 is 1.55 bits per heavy atom. The average Bonchev–Trinajstić information content (AvgIpc) is 3.61.